The van der Waals surface area contributed by atoms with Crippen LogP contribution in [0.15, 0.2) is 76.6 Å². The Morgan fingerprint density at radius 2 is 1.63 bits per heavy atom. The zero-order valence-electron chi connectivity index (χ0n) is 24.6. The number of amides is 3. The Morgan fingerprint density at radius 3 is 2.30 bits per heavy atom. The fourth-order valence-electron chi connectivity index (χ4n) is 5.79. The Kier molecular flexibility index (Phi) is 8.19. The zero-order valence-corrected chi connectivity index (χ0v) is 26.2. The number of benzene rings is 3. The molecule has 3 aromatic carbocycles. The van der Waals surface area contributed by atoms with Crippen LogP contribution in [0.5, 0.6) is 11.5 Å². The highest BCUT2D eigenvalue weighted by molar-refractivity contribution is 8.00. The summed E-state index contributed by atoms with van der Waals surface area (Å²) < 4.78 is 54.1. The number of hydrogen-bond donors (Lipinski definition) is 1. The number of methoxy groups -OCH3 is 2. The van der Waals surface area contributed by atoms with Gasteiger partial charge in [-0.15, -0.1) is 0 Å². The summed E-state index contributed by atoms with van der Waals surface area (Å²) >= 11 is 1.73. The summed E-state index contributed by atoms with van der Waals surface area (Å²) in [6, 6.07) is 16.4. The van der Waals surface area contributed by atoms with Gasteiger partial charge in [0, 0.05) is 16.5 Å². The fourth-order valence-corrected chi connectivity index (χ4v) is 8.56. The van der Waals surface area contributed by atoms with Crippen LogP contribution in [0.25, 0.3) is 0 Å². The molecule has 1 fully saturated rings. The van der Waals surface area contributed by atoms with Gasteiger partial charge in [0.15, 0.2) is 11.5 Å². The van der Waals surface area contributed by atoms with Crippen LogP contribution in [0.4, 0.5) is 24.5 Å². The van der Waals surface area contributed by atoms with E-state index >= 15 is 0 Å². The molecule has 0 aliphatic carbocycles. The summed E-state index contributed by atoms with van der Waals surface area (Å²) in [7, 11) is 2.87. The predicted octanol–water partition coefficient (Wildman–Crippen LogP) is 5.69. The van der Waals surface area contributed by atoms with E-state index < -0.39 is 57.1 Å². The summed E-state index contributed by atoms with van der Waals surface area (Å²) in [6.45, 7) is 1.52. The molecule has 1 aromatic heterocycles. The number of carbonyl (C=O) groups excluding carboxylic acids is 3. The molecular weight excluding hydrogens is 643 g/mol. The monoisotopic (exact) mass is 669 g/mol. The van der Waals surface area contributed by atoms with Crippen LogP contribution in [0.1, 0.15) is 27.5 Å². The third-order valence-corrected chi connectivity index (χ3v) is 10.5. The van der Waals surface area contributed by atoms with Gasteiger partial charge < -0.3 is 14.8 Å². The maximum absolute atomic E-state index is 14.1. The molecule has 3 atom stereocenters. The van der Waals surface area contributed by atoms with Crippen molar-refractivity contribution < 1.29 is 37.0 Å². The van der Waals surface area contributed by atoms with Crippen LogP contribution in [0.2, 0.25) is 0 Å². The molecule has 0 saturated carbocycles. The van der Waals surface area contributed by atoms with Crippen molar-refractivity contribution >= 4 is 52.2 Å². The molecule has 46 heavy (non-hydrogen) atoms. The average Bonchev–Trinajstić information content (AvgIpc) is 3.47. The smallest absolute Gasteiger partial charge is 0.418 e. The molecule has 3 heterocycles. The first-order valence-electron chi connectivity index (χ1n) is 14.0. The van der Waals surface area contributed by atoms with Crippen LogP contribution in [-0.2, 0) is 27.1 Å². The van der Waals surface area contributed by atoms with E-state index in [-0.39, 0.29) is 6.54 Å². The van der Waals surface area contributed by atoms with Crippen LogP contribution >= 0.6 is 23.1 Å². The summed E-state index contributed by atoms with van der Waals surface area (Å²) in [4.78, 5) is 55.1. The summed E-state index contributed by atoms with van der Waals surface area (Å²) in [5.74, 6) is -3.53. The molecule has 1 saturated heterocycles. The molecule has 0 spiro atoms. The standard InChI is InChI=1S/C32H26F3N3O6S2/c1-16-8-11-18(12-9-16)36-23(39)15-37-30-27(46-31(37)42)24(17-10-13-21(43-2)22(14-17)44-3)25-26(45-30)29(41)38(28(25)40)20-7-5-4-6-19(20)32(33,34)35/h4-14,24-26H,15H2,1-3H3,(H,36,39). The van der Waals surface area contributed by atoms with Gasteiger partial charge in [-0.1, -0.05) is 59.0 Å². The van der Waals surface area contributed by atoms with E-state index in [1.165, 1.54) is 30.9 Å². The second kappa shape index (κ2) is 12.0. The minimum absolute atomic E-state index is 0.294. The van der Waals surface area contributed by atoms with Crippen LogP contribution in [0, 0.1) is 12.8 Å². The van der Waals surface area contributed by atoms with Crippen molar-refractivity contribution in [2.75, 3.05) is 24.4 Å². The SMILES string of the molecule is COc1ccc(C2c3sc(=O)n(CC(=O)Nc4ccc(C)cc4)c3SC3C(=O)N(c4ccccc4C(F)(F)F)C(=O)C32)cc1OC. The van der Waals surface area contributed by atoms with Crippen molar-refractivity contribution in [2.24, 2.45) is 5.92 Å². The summed E-state index contributed by atoms with van der Waals surface area (Å²) in [6.07, 6.45) is -4.83. The van der Waals surface area contributed by atoms with Gasteiger partial charge in [0.1, 0.15) is 11.8 Å². The first kappa shape index (κ1) is 31.4. The van der Waals surface area contributed by atoms with E-state index in [9.17, 15) is 32.3 Å². The normalized spacial score (nSPS) is 19.1. The summed E-state index contributed by atoms with van der Waals surface area (Å²) in [5.41, 5.74) is 0.320. The van der Waals surface area contributed by atoms with Gasteiger partial charge in [0.25, 0.3) is 0 Å². The quantitative estimate of drug-likeness (QED) is 0.252. The number of halogens is 3. The third kappa shape index (κ3) is 5.45. The van der Waals surface area contributed by atoms with E-state index in [1.54, 1.807) is 30.3 Å². The molecular formula is C32H26F3N3O6S2. The van der Waals surface area contributed by atoms with Crippen LogP contribution in [-0.4, -0.2) is 41.8 Å². The molecule has 1 N–H and O–H groups in total. The fraction of sp³-hybridized carbons (Fsp3) is 0.250. The van der Waals surface area contributed by atoms with Gasteiger partial charge >= 0.3 is 11.0 Å². The number of aromatic nitrogens is 1. The lowest BCUT2D eigenvalue weighted by molar-refractivity contribution is -0.137. The third-order valence-electron chi connectivity index (χ3n) is 7.90. The maximum atomic E-state index is 14.1. The number of nitrogens with zero attached hydrogens (tertiary/aromatic N) is 2. The maximum Gasteiger partial charge on any atom is 0.418 e. The number of alkyl halides is 3. The van der Waals surface area contributed by atoms with Crippen molar-refractivity contribution in [1.29, 1.82) is 0 Å². The highest BCUT2D eigenvalue weighted by atomic mass is 32.2. The first-order chi connectivity index (χ1) is 21.9. The Bertz CT molecular complexity index is 1920. The number of imide groups is 1. The Hall–Kier alpha value is -4.56. The van der Waals surface area contributed by atoms with E-state index in [0.29, 0.717) is 37.6 Å². The number of thiazole rings is 1. The van der Waals surface area contributed by atoms with Gasteiger partial charge in [-0.2, -0.15) is 13.2 Å². The lowest BCUT2D eigenvalue weighted by atomic mass is 9.83. The van der Waals surface area contributed by atoms with Gasteiger partial charge in [-0.3, -0.25) is 23.7 Å². The van der Waals surface area contributed by atoms with Crippen molar-refractivity contribution in [3.05, 3.63) is 98.0 Å². The topological polar surface area (TPSA) is 107 Å². The molecule has 238 valence electrons. The zero-order chi connectivity index (χ0) is 32.9. The number of thioether (sulfide) groups is 1. The number of aryl methyl sites for hydroxylation is 1. The highest BCUT2D eigenvalue weighted by Gasteiger charge is 2.58. The van der Waals surface area contributed by atoms with Crippen LogP contribution in [0.3, 0.4) is 0 Å². The Morgan fingerprint density at radius 1 is 0.935 bits per heavy atom. The molecule has 0 bridgehead atoms. The molecule has 9 nitrogen and oxygen atoms in total. The minimum atomic E-state index is -4.83. The minimum Gasteiger partial charge on any atom is -0.493 e. The van der Waals surface area contributed by atoms with E-state index in [4.69, 9.17) is 9.47 Å². The number of nitrogens with one attached hydrogen (secondary N) is 1. The second-order valence-electron chi connectivity index (χ2n) is 10.7. The molecule has 3 amide bonds. The van der Waals surface area contributed by atoms with Crippen molar-refractivity contribution in [3.8, 4) is 11.5 Å². The molecule has 14 heteroatoms. The molecule has 3 unspecified atom stereocenters. The van der Waals surface area contributed by atoms with Crippen molar-refractivity contribution in [1.82, 2.24) is 4.57 Å². The lowest BCUT2D eigenvalue weighted by Gasteiger charge is -2.31. The first-order valence-corrected chi connectivity index (χ1v) is 15.6. The van der Waals surface area contributed by atoms with Gasteiger partial charge in [-0.05, 0) is 48.9 Å². The summed E-state index contributed by atoms with van der Waals surface area (Å²) in [5, 5.41) is 1.87. The molecule has 2 aliphatic rings. The second-order valence-corrected chi connectivity index (χ2v) is 12.8. The lowest BCUT2D eigenvalue weighted by Crippen LogP contribution is -2.33. The number of rotatable bonds is 7. The largest absolute Gasteiger partial charge is 0.493 e. The van der Waals surface area contributed by atoms with Crippen molar-refractivity contribution in [2.45, 2.75) is 35.8 Å². The predicted molar refractivity (Wildman–Crippen MR) is 167 cm³/mol. The van der Waals surface area contributed by atoms with Gasteiger partial charge in [-0.25, -0.2) is 4.90 Å². The van der Waals surface area contributed by atoms with Crippen molar-refractivity contribution in [3.63, 3.8) is 0 Å². The Balaban J connectivity index is 1.46. The number of para-hydroxylation sites is 1. The molecule has 0 radical (unpaired) electrons. The van der Waals surface area contributed by atoms with Gasteiger partial charge in [0.2, 0.25) is 17.7 Å². The van der Waals surface area contributed by atoms with E-state index in [1.807, 2.05) is 19.1 Å². The number of hydrogen-bond acceptors (Lipinski definition) is 8. The molecule has 6 rings (SSSR count). The highest BCUT2D eigenvalue weighted by Crippen LogP contribution is 2.55. The molecule has 2 aliphatic heterocycles. The number of carbonyl (C=O) groups is 3. The van der Waals surface area contributed by atoms with E-state index in [0.717, 1.165) is 40.8 Å². The number of ether oxygens (including phenoxy) is 2. The number of fused-ring (bicyclic) bond motifs is 2. The number of anilines is 2. The average molecular weight is 670 g/mol. The Labute approximate surface area is 268 Å². The van der Waals surface area contributed by atoms with Crippen LogP contribution < -0.4 is 24.6 Å². The van der Waals surface area contributed by atoms with E-state index in [2.05, 4.69) is 5.32 Å². The molecule has 4 aromatic rings. The van der Waals surface area contributed by atoms with Gasteiger partial charge in [0.05, 0.1) is 36.4 Å².